The van der Waals surface area contributed by atoms with Gasteiger partial charge >= 0.3 is 5.97 Å². The predicted molar refractivity (Wildman–Crippen MR) is 66.3 cm³/mol. The highest BCUT2D eigenvalue weighted by atomic mass is 16.4. The second-order valence-electron chi connectivity index (χ2n) is 3.87. The van der Waals surface area contributed by atoms with Crippen molar-refractivity contribution in [3.05, 3.63) is 41.5 Å². The zero-order valence-corrected chi connectivity index (χ0v) is 9.86. The summed E-state index contributed by atoms with van der Waals surface area (Å²) in [6.45, 7) is 4.15. The van der Waals surface area contributed by atoms with E-state index in [1.807, 2.05) is 13.0 Å². The largest absolute Gasteiger partial charge is 0.481 e. The van der Waals surface area contributed by atoms with Crippen LogP contribution in [0.25, 0.3) is 5.57 Å². The van der Waals surface area contributed by atoms with Gasteiger partial charge in [-0.05, 0) is 36.5 Å². The van der Waals surface area contributed by atoms with Crippen molar-refractivity contribution in [2.24, 2.45) is 0 Å². The molecule has 0 saturated carbocycles. The molecule has 0 spiro atoms. The highest BCUT2D eigenvalue weighted by Crippen LogP contribution is 2.15. The molecule has 2 heteroatoms. The van der Waals surface area contributed by atoms with Crippen LogP contribution in [-0.2, 0) is 11.2 Å². The minimum absolute atomic E-state index is 0.199. The Morgan fingerprint density at radius 3 is 2.44 bits per heavy atom. The van der Waals surface area contributed by atoms with Crippen LogP contribution >= 0.6 is 0 Å². The Morgan fingerprint density at radius 1 is 1.31 bits per heavy atom. The van der Waals surface area contributed by atoms with E-state index in [9.17, 15) is 4.79 Å². The zero-order valence-electron chi connectivity index (χ0n) is 9.86. The molecule has 0 fully saturated rings. The summed E-state index contributed by atoms with van der Waals surface area (Å²) >= 11 is 0. The van der Waals surface area contributed by atoms with Gasteiger partial charge in [-0.3, -0.25) is 4.79 Å². The quantitative estimate of drug-likeness (QED) is 0.821. The van der Waals surface area contributed by atoms with Gasteiger partial charge < -0.3 is 5.11 Å². The number of allylic oxidation sites excluding steroid dienone is 2. The van der Waals surface area contributed by atoms with Crippen LogP contribution in [0.4, 0.5) is 0 Å². The molecule has 1 aromatic rings. The van der Waals surface area contributed by atoms with Gasteiger partial charge in [0.25, 0.3) is 0 Å². The maximum atomic E-state index is 10.4. The lowest BCUT2D eigenvalue weighted by molar-refractivity contribution is -0.136. The summed E-state index contributed by atoms with van der Waals surface area (Å²) in [7, 11) is 0. The van der Waals surface area contributed by atoms with Crippen molar-refractivity contribution in [2.75, 3.05) is 0 Å². The van der Waals surface area contributed by atoms with Gasteiger partial charge in [0.2, 0.25) is 0 Å². The lowest BCUT2D eigenvalue weighted by atomic mass is 10.0. The summed E-state index contributed by atoms with van der Waals surface area (Å²) in [5.74, 6) is -0.745. The second-order valence-corrected chi connectivity index (χ2v) is 3.87. The van der Waals surface area contributed by atoms with Gasteiger partial charge in [-0.1, -0.05) is 37.3 Å². The van der Waals surface area contributed by atoms with E-state index >= 15 is 0 Å². The SMILES string of the molecule is CCc1ccc(/C(C)=C/CCC(=O)O)cc1. The van der Waals surface area contributed by atoms with E-state index in [-0.39, 0.29) is 6.42 Å². The smallest absolute Gasteiger partial charge is 0.303 e. The van der Waals surface area contributed by atoms with E-state index in [1.165, 1.54) is 11.1 Å². The number of rotatable bonds is 5. The minimum Gasteiger partial charge on any atom is -0.481 e. The van der Waals surface area contributed by atoms with E-state index in [0.29, 0.717) is 6.42 Å². The van der Waals surface area contributed by atoms with Crippen molar-refractivity contribution >= 4 is 11.5 Å². The first kappa shape index (κ1) is 12.5. The number of carboxylic acid groups (broad SMARTS) is 1. The third-order valence-corrected chi connectivity index (χ3v) is 2.63. The molecule has 0 aromatic heterocycles. The highest BCUT2D eigenvalue weighted by Gasteiger charge is 1.97. The summed E-state index contributed by atoms with van der Waals surface area (Å²) in [4.78, 5) is 10.4. The number of carbonyl (C=O) groups is 1. The van der Waals surface area contributed by atoms with E-state index in [0.717, 1.165) is 12.0 Å². The molecule has 0 aliphatic rings. The van der Waals surface area contributed by atoms with E-state index in [2.05, 4.69) is 31.2 Å². The molecule has 1 N–H and O–H groups in total. The molecule has 0 aliphatic carbocycles. The number of hydrogen-bond acceptors (Lipinski definition) is 1. The van der Waals surface area contributed by atoms with Gasteiger partial charge in [0.15, 0.2) is 0 Å². The molecular formula is C14H18O2. The van der Waals surface area contributed by atoms with Gasteiger partial charge in [0.05, 0.1) is 0 Å². The molecule has 0 atom stereocenters. The average molecular weight is 218 g/mol. The van der Waals surface area contributed by atoms with Crippen molar-refractivity contribution in [3.63, 3.8) is 0 Å². The fourth-order valence-electron chi connectivity index (χ4n) is 1.53. The minimum atomic E-state index is -0.745. The molecule has 0 radical (unpaired) electrons. The van der Waals surface area contributed by atoms with Gasteiger partial charge in [-0.25, -0.2) is 0 Å². The normalized spacial score (nSPS) is 11.5. The standard InChI is InChI=1S/C14H18O2/c1-3-12-7-9-13(10-8-12)11(2)5-4-6-14(15)16/h5,7-10H,3-4,6H2,1-2H3,(H,15,16)/b11-5+. The molecule has 0 amide bonds. The monoisotopic (exact) mass is 218 g/mol. The van der Waals surface area contributed by atoms with Gasteiger partial charge in [0.1, 0.15) is 0 Å². The lowest BCUT2D eigenvalue weighted by Gasteiger charge is -2.03. The van der Waals surface area contributed by atoms with Crippen LogP contribution in [0.3, 0.4) is 0 Å². The van der Waals surface area contributed by atoms with Crippen LogP contribution in [-0.4, -0.2) is 11.1 Å². The molecule has 0 unspecified atom stereocenters. The summed E-state index contributed by atoms with van der Waals surface area (Å²) in [5, 5.41) is 8.54. The highest BCUT2D eigenvalue weighted by molar-refractivity contribution is 5.68. The average Bonchev–Trinajstić information content (AvgIpc) is 2.28. The molecule has 1 aromatic carbocycles. The van der Waals surface area contributed by atoms with E-state index in [4.69, 9.17) is 5.11 Å². The van der Waals surface area contributed by atoms with Crippen molar-refractivity contribution < 1.29 is 9.90 Å². The number of aryl methyl sites for hydroxylation is 1. The van der Waals surface area contributed by atoms with Crippen molar-refractivity contribution in [3.8, 4) is 0 Å². The molecule has 16 heavy (non-hydrogen) atoms. The Balaban J connectivity index is 2.64. The fourth-order valence-corrected chi connectivity index (χ4v) is 1.53. The van der Waals surface area contributed by atoms with Crippen molar-refractivity contribution in [1.29, 1.82) is 0 Å². The Kier molecular flexibility index (Phi) is 4.77. The Bertz CT molecular complexity index is 374. The van der Waals surface area contributed by atoms with Crippen LogP contribution in [0.15, 0.2) is 30.3 Å². The summed E-state index contributed by atoms with van der Waals surface area (Å²) in [6, 6.07) is 8.41. The first-order valence-corrected chi connectivity index (χ1v) is 5.61. The molecular weight excluding hydrogens is 200 g/mol. The zero-order chi connectivity index (χ0) is 12.0. The fraction of sp³-hybridized carbons (Fsp3) is 0.357. The molecule has 0 saturated heterocycles. The number of hydrogen-bond donors (Lipinski definition) is 1. The second kappa shape index (κ2) is 6.11. The number of carboxylic acids is 1. The maximum absolute atomic E-state index is 10.4. The van der Waals surface area contributed by atoms with Crippen LogP contribution in [0.1, 0.15) is 37.8 Å². The Hall–Kier alpha value is -1.57. The van der Waals surface area contributed by atoms with E-state index in [1.54, 1.807) is 0 Å². The third kappa shape index (κ3) is 3.89. The van der Waals surface area contributed by atoms with Crippen molar-refractivity contribution in [1.82, 2.24) is 0 Å². The Morgan fingerprint density at radius 2 is 1.94 bits per heavy atom. The van der Waals surface area contributed by atoms with Gasteiger partial charge in [-0.2, -0.15) is 0 Å². The molecule has 86 valence electrons. The first-order chi connectivity index (χ1) is 7.63. The lowest BCUT2D eigenvalue weighted by Crippen LogP contribution is -1.92. The topological polar surface area (TPSA) is 37.3 Å². The van der Waals surface area contributed by atoms with Gasteiger partial charge in [0, 0.05) is 6.42 Å². The molecule has 0 aliphatic heterocycles. The van der Waals surface area contributed by atoms with Crippen molar-refractivity contribution in [2.45, 2.75) is 33.1 Å². The van der Waals surface area contributed by atoms with Crippen LogP contribution in [0.5, 0.6) is 0 Å². The predicted octanol–water partition coefficient (Wildman–Crippen LogP) is 3.52. The maximum Gasteiger partial charge on any atom is 0.303 e. The molecule has 2 nitrogen and oxygen atoms in total. The van der Waals surface area contributed by atoms with Gasteiger partial charge in [-0.15, -0.1) is 0 Å². The summed E-state index contributed by atoms with van der Waals surface area (Å²) in [5.41, 5.74) is 3.63. The molecule has 0 heterocycles. The third-order valence-electron chi connectivity index (χ3n) is 2.63. The summed E-state index contributed by atoms with van der Waals surface area (Å²) < 4.78 is 0. The molecule has 1 rings (SSSR count). The number of benzene rings is 1. The number of aliphatic carboxylic acids is 1. The van der Waals surface area contributed by atoms with Crippen LogP contribution in [0.2, 0.25) is 0 Å². The van der Waals surface area contributed by atoms with Crippen LogP contribution < -0.4 is 0 Å². The summed E-state index contributed by atoms with van der Waals surface area (Å²) in [6.07, 6.45) is 3.82. The van der Waals surface area contributed by atoms with Crippen LogP contribution in [0, 0.1) is 0 Å². The Labute approximate surface area is 96.6 Å². The molecule has 0 bridgehead atoms. The first-order valence-electron chi connectivity index (χ1n) is 5.61. The van der Waals surface area contributed by atoms with E-state index < -0.39 is 5.97 Å².